The number of fused-ring (bicyclic) bond motifs is 1. The number of benzene rings is 2. The zero-order valence-corrected chi connectivity index (χ0v) is 13.3. The molecule has 1 N–H and O–H groups in total. The molecule has 0 aliphatic rings. The van der Waals surface area contributed by atoms with Crippen LogP contribution in [0.25, 0.3) is 11.0 Å². The highest BCUT2D eigenvalue weighted by Crippen LogP contribution is 2.08. The molecular formula is C19H19N3O2. The van der Waals surface area contributed by atoms with Gasteiger partial charge in [0.15, 0.2) is 0 Å². The third kappa shape index (κ3) is 4.36. The van der Waals surface area contributed by atoms with Gasteiger partial charge in [0.2, 0.25) is 0 Å². The molecule has 0 unspecified atom stereocenters. The molecule has 0 atom stereocenters. The first-order valence-corrected chi connectivity index (χ1v) is 7.94. The monoisotopic (exact) mass is 321 g/mol. The van der Waals surface area contributed by atoms with Gasteiger partial charge in [-0.05, 0) is 24.1 Å². The number of para-hydroxylation sites is 2. The van der Waals surface area contributed by atoms with Gasteiger partial charge < -0.3 is 10.1 Å². The highest BCUT2D eigenvalue weighted by Gasteiger charge is 2.08. The van der Waals surface area contributed by atoms with E-state index in [-0.39, 0.29) is 5.91 Å². The average molecular weight is 321 g/mol. The third-order valence-corrected chi connectivity index (χ3v) is 3.54. The summed E-state index contributed by atoms with van der Waals surface area (Å²) >= 11 is 0. The normalized spacial score (nSPS) is 10.7. The average Bonchev–Trinajstić information content (AvgIpc) is 2.65. The van der Waals surface area contributed by atoms with Crippen LogP contribution < -0.4 is 5.32 Å². The molecule has 1 heterocycles. The van der Waals surface area contributed by atoms with Gasteiger partial charge in [-0.3, -0.25) is 9.78 Å². The van der Waals surface area contributed by atoms with Crippen molar-refractivity contribution >= 4 is 16.9 Å². The second kappa shape index (κ2) is 8.17. The van der Waals surface area contributed by atoms with Crippen molar-refractivity contribution in [3.05, 3.63) is 72.1 Å². The first-order chi connectivity index (χ1) is 11.8. The largest absolute Gasteiger partial charge is 0.377 e. The van der Waals surface area contributed by atoms with E-state index in [0.717, 1.165) is 23.0 Å². The fourth-order valence-corrected chi connectivity index (χ4v) is 2.30. The summed E-state index contributed by atoms with van der Waals surface area (Å²) in [6.45, 7) is 1.73. The van der Waals surface area contributed by atoms with Crippen molar-refractivity contribution in [3.63, 3.8) is 0 Å². The Hall–Kier alpha value is -2.79. The van der Waals surface area contributed by atoms with Crippen LogP contribution in [0.1, 0.15) is 22.5 Å². The van der Waals surface area contributed by atoms with E-state index >= 15 is 0 Å². The Morgan fingerprint density at radius 1 is 1.00 bits per heavy atom. The van der Waals surface area contributed by atoms with E-state index in [1.165, 1.54) is 6.20 Å². The second-order valence-electron chi connectivity index (χ2n) is 5.39. The van der Waals surface area contributed by atoms with E-state index in [2.05, 4.69) is 15.3 Å². The van der Waals surface area contributed by atoms with Gasteiger partial charge in [0, 0.05) is 13.2 Å². The Bertz CT molecular complexity index is 806. The van der Waals surface area contributed by atoms with Gasteiger partial charge >= 0.3 is 0 Å². The van der Waals surface area contributed by atoms with E-state index in [4.69, 9.17) is 4.74 Å². The van der Waals surface area contributed by atoms with Crippen molar-refractivity contribution in [2.45, 2.75) is 13.0 Å². The second-order valence-corrected chi connectivity index (χ2v) is 5.39. The van der Waals surface area contributed by atoms with Gasteiger partial charge in [-0.25, -0.2) is 4.98 Å². The van der Waals surface area contributed by atoms with Gasteiger partial charge in [-0.15, -0.1) is 0 Å². The van der Waals surface area contributed by atoms with Crippen molar-refractivity contribution in [1.82, 2.24) is 15.3 Å². The minimum atomic E-state index is -0.212. The van der Waals surface area contributed by atoms with Crippen molar-refractivity contribution in [1.29, 1.82) is 0 Å². The number of ether oxygens (including phenoxy) is 1. The molecule has 3 rings (SSSR count). The van der Waals surface area contributed by atoms with Crippen LogP contribution in [-0.4, -0.2) is 29.0 Å². The fourth-order valence-electron chi connectivity index (χ4n) is 2.30. The number of amides is 1. The van der Waals surface area contributed by atoms with Gasteiger partial charge in [0.05, 0.1) is 23.8 Å². The summed E-state index contributed by atoms with van der Waals surface area (Å²) in [7, 11) is 0. The van der Waals surface area contributed by atoms with Gasteiger partial charge in [0.1, 0.15) is 5.69 Å². The van der Waals surface area contributed by atoms with Crippen molar-refractivity contribution < 1.29 is 9.53 Å². The Morgan fingerprint density at radius 3 is 2.58 bits per heavy atom. The lowest BCUT2D eigenvalue weighted by Crippen LogP contribution is -2.26. The van der Waals surface area contributed by atoms with Crippen LogP contribution >= 0.6 is 0 Å². The summed E-state index contributed by atoms with van der Waals surface area (Å²) in [5.41, 5.74) is 2.98. The smallest absolute Gasteiger partial charge is 0.271 e. The standard InChI is InChI=1S/C19H19N3O2/c23-19(18-13-21-16-9-4-5-10-17(16)22-18)20-11-6-12-24-14-15-7-2-1-3-8-15/h1-5,7-10,13H,6,11-12,14H2,(H,20,23). The molecule has 2 aromatic carbocycles. The number of aromatic nitrogens is 2. The van der Waals surface area contributed by atoms with E-state index in [9.17, 15) is 4.79 Å². The molecule has 0 saturated carbocycles. The highest BCUT2D eigenvalue weighted by atomic mass is 16.5. The van der Waals surface area contributed by atoms with E-state index < -0.39 is 0 Å². The molecule has 0 aliphatic carbocycles. The molecule has 5 nitrogen and oxygen atoms in total. The number of hydrogen-bond donors (Lipinski definition) is 1. The maximum Gasteiger partial charge on any atom is 0.271 e. The quantitative estimate of drug-likeness (QED) is 0.680. The van der Waals surface area contributed by atoms with Gasteiger partial charge in [-0.1, -0.05) is 42.5 Å². The van der Waals surface area contributed by atoms with E-state index in [1.54, 1.807) is 0 Å². The maximum absolute atomic E-state index is 12.1. The minimum absolute atomic E-state index is 0.212. The Labute approximate surface area is 140 Å². The number of nitrogens with one attached hydrogen (secondary N) is 1. The highest BCUT2D eigenvalue weighted by molar-refractivity contribution is 5.93. The number of nitrogens with zero attached hydrogens (tertiary/aromatic N) is 2. The molecule has 1 aromatic heterocycles. The minimum Gasteiger partial charge on any atom is -0.377 e. The van der Waals surface area contributed by atoms with Crippen molar-refractivity contribution in [2.24, 2.45) is 0 Å². The molecule has 0 aliphatic heterocycles. The van der Waals surface area contributed by atoms with Crippen LogP contribution in [0.15, 0.2) is 60.8 Å². The van der Waals surface area contributed by atoms with E-state index in [1.807, 2.05) is 54.6 Å². The number of carbonyl (C=O) groups is 1. The predicted octanol–water partition coefficient (Wildman–Crippen LogP) is 2.97. The summed E-state index contributed by atoms with van der Waals surface area (Å²) in [4.78, 5) is 20.7. The first-order valence-electron chi connectivity index (χ1n) is 7.94. The number of hydrogen-bond acceptors (Lipinski definition) is 4. The topological polar surface area (TPSA) is 64.1 Å². The summed E-state index contributed by atoms with van der Waals surface area (Å²) in [5.74, 6) is -0.212. The summed E-state index contributed by atoms with van der Waals surface area (Å²) in [5, 5.41) is 2.84. The van der Waals surface area contributed by atoms with E-state index in [0.29, 0.717) is 25.5 Å². The fraction of sp³-hybridized carbons (Fsp3) is 0.211. The lowest BCUT2D eigenvalue weighted by molar-refractivity contribution is 0.0930. The van der Waals surface area contributed by atoms with Gasteiger partial charge in [-0.2, -0.15) is 0 Å². The maximum atomic E-state index is 12.1. The first kappa shape index (κ1) is 16.1. The van der Waals surface area contributed by atoms with Crippen molar-refractivity contribution in [3.8, 4) is 0 Å². The molecule has 5 heteroatoms. The predicted molar refractivity (Wildman–Crippen MR) is 92.6 cm³/mol. The Balaban J connectivity index is 1.40. The molecule has 0 fully saturated rings. The molecule has 0 radical (unpaired) electrons. The lowest BCUT2D eigenvalue weighted by Gasteiger charge is -2.06. The lowest BCUT2D eigenvalue weighted by atomic mass is 10.2. The van der Waals surface area contributed by atoms with Crippen LogP contribution in [0, 0.1) is 0 Å². The molecule has 1 amide bonds. The molecule has 24 heavy (non-hydrogen) atoms. The zero-order chi connectivity index (χ0) is 16.6. The van der Waals surface area contributed by atoms with Crippen LogP contribution in [0.5, 0.6) is 0 Å². The SMILES string of the molecule is O=C(NCCCOCc1ccccc1)c1cnc2ccccc2n1. The zero-order valence-electron chi connectivity index (χ0n) is 13.3. The van der Waals surface area contributed by atoms with Crippen LogP contribution in [0.4, 0.5) is 0 Å². The summed E-state index contributed by atoms with van der Waals surface area (Å²) < 4.78 is 5.59. The molecule has 0 saturated heterocycles. The summed E-state index contributed by atoms with van der Waals surface area (Å²) in [6.07, 6.45) is 2.25. The molecule has 3 aromatic rings. The third-order valence-electron chi connectivity index (χ3n) is 3.54. The number of rotatable bonds is 7. The molecule has 122 valence electrons. The Morgan fingerprint density at radius 2 is 1.75 bits per heavy atom. The number of carbonyl (C=O) groups excluding carboxylic acids is 1. The van der Waals surface area contributed by atoms with Crippen LogP contribution in [0.3, 0.4) is 0 Å². The molecule has 0 bridgehead atoms. The van der Waals surface area contributed by atoms with Crippen LogP contribution in [-0.2, 0) is 11.3 Å². The molecular weight excluding hydrogens is 302 g/mol. The Kier molecular flexibility index (Phi) is 5.48. The van der Waals surface area contributed by atoms with Crippen LogP contribution in [0.2, 0.25) is 0 Å². The molecule has 0 spiro atoms. The van der Waals surface area contributed by atoms with Gasteiger partial charge in [0.25, 0.3) is 5.91 Å². The summed E-state index contributed by atoms with van der Waals surface area (Å²) in [6, 6.07) is 17.5. The van der Waals surface area contributed by atoms with Crippen molar-refractivity contribution in [2.75, 3.05) is 13.2 Å².